The molecule has 0 unspecified atom stereocenters. The van der Waals surface area contributed by atoms with Crippen LogP contribution in [0.1, 0.15) is 37.7 Å². The lowest BCUT2D eigenvalue weighted by Gasteiger charge is -2.21. The van der Waals surface area contributed by atoms with Crippen LogP contribution in [0, 0.1) is 11.7 Å². The topological polar surface area (TPSA) is 26.3 Å². The summed E-state index contributed by atoms with van der Waals surface area (Å²) in [4.78, 5) is 11.7. The van der Waals surface area contributed by atoms with Crippen LogP contribution in [0.3, 0.4) is 0 Å². The molecule has 1 aromatic rings. The summed E-state index contributed by atoms with van der Waals surface area (Å²) in [5.74, 6) is 0.235. The highest BCUT2D eigenvalue weighted by molar-refractivity contribution is 5.82. The summed E-state index contributed by atoms with van der Waals surface area (Å²) in [5.41, 5.74) is 0.453. The maximum Gasteiger partial charge on any atom is 0.162 e. The van der Waals surface area contributed by atoms with Gasteiger partial charge in [-0.1, -0.05) is 37.5 Å². The van der Waals surface area contributed by atoms with E-state index in [0.29, 0.717) is 18.1 Å². The largest absolute Gasteiger partial charge is 0.373 e. The van der Waals surface area contributed by atoms with E-state index in [0.717, 1.165) is 0 Å². The molecular formula is C16H21FO2. The van der Waals surface area contributed by atoms with Gasteiger partial charge in [-0.05, 0) is 30.4 Å². The summed E-state index contributed by atoms with van der Waals surface area (Å²) in [6.45, 7) is 0.772. The van der Waals surface area contributed by atoms with Gasteiger partial charge in [0, 0.05) is 13.0 Å². The Morgan fingerprint density at radius 1 is 1.21 bits per heavy atom. The molecule has 2 nitrogen and oxygen atoms in total. The summed E-state index contributed by atoms with van der Waals surface area (Å²) in [6, 6.07) is 6.40. The monoisotopic (exact) mass is 264 g/mol. The highest BCUT2D eigenvalue weighted by Crippen LogP contribution is 2.23. The molecule has 0 radical (unpaired) electrons. The van der Waals surface area contributed by atoms with Gasteiger partial charge < -0.3 is 4.74 Å². The normalized spacial score (nSPS) is 16.5. The standard InChI is InChI=1S/C16H21FO2/c17-16-9-5-4-8-14(16)10-15(18)12-19-11-13-6-2-1-3-7-13/h4-5,8-9,13H,1-3,6-7,10-12H2. The Bertz CT molecular complexity index is 411. The Morgan fingerprint density at radius 2 is 1.95 bits per heavy atom. The molecule has 0 atom stereocenters. The van der Waals surface area contributed by atoms with Crippen molar-refractivity contribution in [2.24, 2.45) is 5.92 Å². The number of carbonyl (C=O) groups is 1. The summed E-state index contributed by atoms with van der Waals surface area (Å²) < 4.78 is 18.8. The molecular weight excluding hydrogens is 243 g/mol. The lowest BCUT2D eigenvalue weighted by atomic mass is 9.90. The predicted octanol–water partition coefficient (Wildman–Crippen LogP) is 3.53. The molecule has 1 saturated carbocycles. The number of ether oxygens (including phenoxy) is 1. The summed E-state index contributed by atoms with van der Waals surface area (Å²) >= 11 is 0. The Labute approximate surface area is 114 Å². The van der Waals surface area contributed by atoms with E-state index in [-0.39, 0.29) is 24.6 Å². The van der Waals surface area contributed by atoms with Crippen LogP contribution in [0.2, 0.25) is 0 Å². The Hall–Kier alpha value is -1.22. The average molecular weight is 264 g/mol. The minimum absolute atomic E-state index is 0.0547. The van der Waals surface area contributed by atoms with Crippen molar-refractivity contribution in [1.82, 2.24) is 0 Å². The van der Waals surface area contributed by atoms with Gasteiger partial charge in [-0.15, -0.1) is 0 Å². The van der Waals surface area contributed by atoms with E-state index in [1.807, 2.05) is 0 Å². The second kappa shape index (κ2) is 7.39. The molecule has 1 aromatic carbocycles. The fourth-order valence-electron chi connectivity index (χ4n) is 2.60. The smallest absolute Gasteiger partial charge is 0.162 e. The second-order valence-corrected chi connectivity index (χ2v) is 5.33. The predicted molar refractivity (Wildman–Crippen MR) is 72.5 cm³/mol. The zero-order valence-electron chi connectivity index (χ0n) is 11.2. The first kappa shape index (κ1) is 14.2. The van der Waals surface area contributed by atoms with Crippen molar-refractivity contribution in [3.8, 4) is 0 Å². The molecule has 0 heterocycles. The molecule has 0 bridgehead atoms. The zero-order valence-corrected chi connectivity index (χ0v) is 11.2. The molecule has 1 aliphatic rings. The molecule has 0 aromatic heterocycles. The van der Waals surface area contributed by atoms with E-state index in [1.165, 1.54) is 38.2 Å². The van der Waals surface area contributed by atoms with Crippen LogP contribution in [0.15, 0.2) is 24.3 Å². The summed E-state index contributed by atoms with van der Waals surface area (Å²) in [6.07, 6.45) is 6.41. The lowest BCUT2D eigenvalue weighted by Crippen LogP contribution is -2.18. The van der Waals surface area contributed by atoms with E-state index in [4.69, 9.17) is 4.74 Å². The van der Waals surface area contributed by atoms with E-state index in [9.17, 15) is 9.18 Å². The van der Waals surface area contributed by atoms with Crippen molar-refractivity contribution in [2.45, 2.75) is 38.5 Å². The number of ketones is 1. The maximum absolute atomic E-state index is 13.4. The maximum atomic E-state index is 13.4. The quantitative estimate of drug-likeness (QED) is 0.785. The number of Topliss-reactive ketones (excluding diaryl/α,β-unsaturated/α-hetero) is 1. The van der Waals surface area contributed by atoms with E-state index in [1.54, 1.807) is 18.2 Å². The highest BCUT2D eigenvalue weighted by Gasteiger charge is 2.14. The van der Waals surface area contributed by atoms with Crippen LogP contribution in [0.5, 0.6) is 0 Å². The van der Waals surface area contributed by atoms with Gasteiger partial charge in [0.2, 0.25) is 0 Å². The molecule has 3 heteroatoms. The van der Waals surface area contributed by atoms with Crippen molar-refractivity contribution < 1.29 is 13.9 Å². The number of halogens is 1. The van der Waals surface area contributed by atoms with E-state index < -0.39 is 0 Å². The van der Waals surface area contributed by atoms with Crippen LogP contribution in [-0.4, -0.2) is 19.0 Å². The van der Waals surface area contributed by atoms with Gasteiger partial charge in [0.25, 0.3) is 0 Å². The Kier molecular flexibility index (Phi) is 5.52. The number of carbonyl (C=O) groups excluding carboxylic acids is 1. The van der Waals surface area contributed by atoms with Crippen molar-refractivity contribution >= 4 is 5.78 Å². The van der Waals surface area contributed by atoms with Gasteiger partial charge in [0.05, 0.1) is 0 Å². The lowest BCUT2D eigenvalue weighted by molar-refractivity contribution is -0.123. The molecule has 1 fully saturated rings. The van der Waals surface area contributed by atoms with Gasteiger partial charge in [-0.25, -0.2) is 4.39 Å². The average Bonchev–Trinajstić information content (AvgIpc) is 2.43. The van der Waals surface area contributed by atoms with Gasteiger partial charge in [0.15, 0.2) is 5.78 Å². The summed E-state index contributed by atoms with van der Waals surface area (Å²) in [5, 5.41) is 0. The highest BCUT2D eigenvalue weighted by atomic mass is 19.1. The second-order valence-electron chi connectivity index (χ2n) is 5.33. The third kappa shape index (κ3) is 4.75. The third-order valence-electron chi connectivity index (χ3n) is 3.69. The third-order valence-corrected chi connectivity index (χ3v) is 3.69. The molecule has 19 heavy (non-hydrogen) atoms. The molecule has 104 valence electrons. The zero-order chi connectivity index (χ0) is 13.5. The first-order chi connectivity index (χ1) is 9.25. The fraction of sp³-hybridized carbons (Fsp3) is 0.562. The molecule has 2 rings (SSSR count). The molecule has 0 N–H and O–H groups in total. The first-order valence-electron chi connectivity index (χ1n) is 7.08. The molecule has 0 aliphatic heterocycles. The number of rotatable bonds is 6. The molecule has 1 aliphatic carbocycles. The van der Waals surface area contributed by atoms with Crippen molar-refractivity contribution in [1.29, 1.82) is 0 Å². The van der Waals surface area contributed by atoms with E-state index >= 15 is 0 Å². The van der Waals surface area contributed by atoms with Gasteiger partial charge in [-0.3, -0.25) is 4.79 Å². The Balaban J connectivity index is 1.68. The minimum Gasteiger partial charge on any atom is -0.373 e. The number of benzene rings is 1. The van der Waals surface area contributed by atoms with Crippen LogP contribution in [0.4, 0.5) is 4.39 Å². The van der Waals surface area contributed by atoms with E-state index in [2.05, 4.69) is 0 Å². The van der Waals surface area contributed by atoms with Crippen molar-refractivity contribution in [3.05, 3.63) is 35.6 Å². The SMILES string of the molecule is O=C(COCC1CCCCC1)Cc1ccccc1F. The fourth-order valence-corrected chi connectivity index (χ4v) is 2.60. The van der Waals surface area contributed by atoms with Crippen LogP contribution >= 0.6 is 0 Å². The molecule has 0 spiro atoms. The van der Waals surface area contributed by atoms with Crippen LogP contribution in [0.25, 0.3) is 0 Å². The number of hydrogen-bond acceptors (Lipinski definition) is 2. The minimum atomic E-state index is -0.317. The molecule has 0 saturated heterocycles. The van der Waals surface area contributed by atoms with Crippen LogP contribution in [-0.2, 0) is 16.0 Å². The Morgan fingerprint density at radius 3 is 2.68 bits per heavy atom. The van der Waals surface area contributed by atoms with Crippen molar-refractivity contribution in [2.75, 3.05) is 13.2 Å². The van der Waals surface area contributed by atoms with Gasteiger partial charge in [-0.2, -0.15) is 0 Å². The first-order valence-corrected chi connectivity index (χ1v) is 7.08. The van der Waals surface area contributed by atoms with Crippen molar-refractivity contribution in [3.63, 3.8) is 0 Å². The number of hydrogen-bond donors (Lipinski definition) is 0. The van der Waals surface area contributed by atoms with Gasteiger partial charge in [0.1, 0.15) is 12.4 Å². The summed E-state index contributed by atoms with van der Waals surface area (Å²) in [7, 11) is 0. The van der Waals surface area contributed by atoms with Gasteiger partial charge >= 0.3 is 0 Å². The van der Waals surface area contributed by atoms with Crippen LogP contribution < -0.4 is 0 Å². The molecule has 0 amide bonds.